The van der Waals surface area contributed by atoms with E-state index in [0.717, 1.165) is 5.56 Å². The van der Waals surface area contributed by atoms with Crippen molar-refractivity contribution in [2.24, 2.45) is 5.84 Å². The summed E-state index contributed by atoms with van der Waals surface area (Å²) in [5.41, 5.74) is 4.17. The Balaban J connectivity index is 2.31. The zero-order valence-electron chi connectivity index (χ0n) is 12.1. The summed E-state index contributed by atoms with van der Waals surface area (Å²) in [6, 6.07) is 11.9. The van der Waals surface area contributed by atoms with Crippen LogP contribution in [0, 0.1) is 5.82 Å². The van der Waals surface area contributed by atoms with E-state index >= 15 is 0 Å². The van der Waals surface area contributed by atoms with E-state index in [0.29, 0.717) is 23.5 Å². The van der Waals surface area contributed by atoms with Gasteiger partial charge in [0.1, 0.15) is 17.3 Å². The number of nitrogens with two attached hydrogens (primary N) is 1. The molecule has 2 rings (SSSR count). The van der Waals surface area contributed by atoms with Crippen molar-refractivity contribution >= 4 is 0 Å². The Kier molecular flexibility index (Phi) is 5.14. The second-order valence-corrected chi connectivity index (χ2v) is 4.62. The molecule has 112 valence electrons. The SMILES string of the molecule is COc1ccc(C(Cc2ccccc2F)NN)c(OC)c1. The molecule has 2 aromatic carbocycles. The lowest BCUT2D eigenvalue weighted by Crippen LogP contribution is -2.30. The van der Waals surface area contributed by atoms with Gasteiger partial charge in [-0.2, -0.15) is 0 Å². The average molecular weight is 290 g/mol. The van der Waals surface area contributed by atoms with E-state index in [9.17, 15) is 4.39 Å². The molecule has 3 N–H and O–H groups in total. The molecule has 0 aliphatic heterocycles. The fourth-order valence-corrected chi connectivity index (χ4v) is 2.25. The first-order valence-corrected chi connectivity index (χ1v) is 6.61. The molecule has 0 amide bonds. The smallest absolute Gasteiger partial charge is 0.127 e. The van der Waals surface area contributed by atoms with Crippen molar-refractivity contribution in [3.05, 3.63) is 59.4 Å². The van der Waals surface area contributed by atoms with Crippen LogP contribution in [-0.4, -0.2) is 14.2 Å². The topological polar surface area (TPSA) is 56.5 Å². The molecule has 0 fully saturated rings. The summed E-state index contributed by atoms with van der Waals surface area (Å²) >= 11 is 0. The van der Waals surface area contributed by atoms with E-state index in [-0.39, 0.29) is 11.9 Å². The van der Waals surface area contributed by atoms with Crippen molar-refractivity contribution in [1.29, 1.82) is 0 Å². The summed E-state index contributed by atoms with van der Waals surface area (Å²) < 4.78 is 24.3. The fourth-order valence-electron chi connectivity index (χ4n) is 2.25. The van der Waals surface area contributed by atoms with Crippen LogP contribution in [0.15, 0.2) is 42.5 Å². The van der Waals surface area contributed by atoms with Gasteiger partial charge < -0.3 is 9.47 Å². The number of hydrogen-bond donors (Lipinski definition) is 2. The maximum atomic E-state index is 13.8. The molecule has 0 saturated carbocycles. The van der Waals surface area contributed by atoms with Crippen LogP contribution in [0.2, 0.25) is 0 Å². The van der Waals surface area contributed by atoms with Crippen molar-refractivity contribution in [3.63, 3.8) is 0 Å². The van der Waals surface area contributed by atoms with E-state index in [2.05, 4.69) is 5.43 Å². The molecular weight excluding hydrogens is 271 g/mol. The molecule has 0 aromatic heterocycles. The molecule has 4 nitrogen and oxygen atoms in total. The first-order chi connectivity index (χ1) is 10.2. The monoisotopic (exact) mass is 290 g/mol. The Labute approximate surface area is 123 Å². The van der Waals surface area contributed by atoms with Crippen molar-refractivity contribution < 1.29 is 13.9 Å². The molecule has 0 bridgehead atoms. The number of benzene rings is 2. The minimum absolute atomic E-state index is 0.245. The molecule has 0 saturated heterocycles. The van der Waals surface area contributed by atoms with Crippen LogP contribution in [0.4, 0.5) is 4.39 Å². The van der Waals surface area contributed by atoms with Gasteiger partial charge in [-0.05, 0) is 24.1 Å². The predicted octanol–water partition coefficient (Wildman–Crippen LogP) is 2.59. The van der Waals surface area contributed by atoms with Gasteiger partial charge in [0.2, 0.25) is 0 Å². The highest BCUT2D eigenvalue weighted by Crippen LogP contribution is 2.31. The zero-order chi connectivity index (χ0) is 15.2. The Bertz CT molecular complexity index is 605. The van der Waals surface area contributed by atoms with Crippen LogP contribution >= 0.6 is 0 Å². The number of methoxy groups -OCH3 is 2. The predicted molar refractivity (Wildman–Crippen MR) is 79.7 cm³/mol. The van der Waals surface area contributed by atoms with E-state index in [4.69, 9.17) is 15.3 Å². The molecule has 2 aromatic rings. The average Bonchev–Trinajstić information content (AvgIpc) is 2.53. The zero-order valence-corrected chi connectivity index (χ0v) is 12.1. The number of halogens is 1. The molecular formula is C16H19FN2O2. The third-order valence-corrected chi connectivity index (χ3v) is 3.40. The summed E-state index contributed by atoms with van der Waals surface area (Å²) in [6.07, 6.45) is 0.422. The molecule has 1 unspecified atom stereocenters. The maximum absolute atomic E-state index is 13.8. The van der Waals surface area contributed by atoms with Gasteiger partial charge in [0.25, 0.3) is 0 Å². The first kappa shape index (κ1) is 15.3. The van der Waals surface area contributed by atoms with Gasteiger partial charge in [0.05, 0.1) is 20.3 Å². The van der Waals surface area contributed by atoms with Crippen LogP contribution in [0.3, 0.4) is 0 Å². The number of hydrogen-bond acceptors (Lipinski definition) is 4. The van der Waals surface area contributed by atoms with Gasteiger partial charge >= 0.3 is 0 Å². The molecule has 5 heteroatoms. The van der Waals surface area contributed by atoms with Gasteiger partial charge in [-0.3, -0.25) is 11.3 Å². The van der Waals surface area contributed by atoms with Crippen LogP contribution in [0.1, 0.15) is 17.2 Å². The number of ether oxygens (including phenoxy) is 2. The van der Waals surface area contributed by atoms with Gasteiger partial charge in [0, 0.05) is 11.6 Å². The van der Waals surface area contributed by atoms with Crippen LogP contribution in [0.5, 0.6) is 11.5 Å². The lowest BCUT2D eigenvalue weighted by molar-refractivity contribution is 0.383. The maximum Gasteiger partial charge on any atom is 0.127 e. The van der Waals surface area contributed by atoms with E-state index < -0.39 is 0 Å². The number of rotatable bonds is 6. The minimum Gasteiger partial charge on any atom is -0.497 e. The molecule has 0 aliphatic carbocycles. The second-order valence-electron chi connectivity index (χ2n) is 4.62. The largest absolute Gasteiger partial charge is 0.497 e. The summed E-state index contributed by atoms with van der Waals surface area (Å²) in [7, 11) is 3.17. The Morgan fingerprint density at radius 1 is 1.14 bits per heavy atom. The molecule has 0 heterocycles. The Hall–Kier alpha value is -2.11. The highest BCUT2D eigenvalue weighted by molar-refractivity contribution is 5.43. The van der Waals surface area contributed by atoms with Crippen LogP contribution in [-0.2, 0) is 6.42 Å². The molecule has 0 radical (unpaired) electrons. The van der Waals surface area contributed by atoms with Crippen molar-refractivity contribution in [2.75, 3.05) is 14.2 Å². The highest BCUT2D eigenvalue weighted by atomic mass is 19.1. The van der Waals surface area contributed by atoms with Crippen molar-refractivity contribution in [1.82, 2.24) is 5.43 Å². The highest BCUT2D eigenvalue weighted by Gasteiger charge is 2.17. The van der Waals surface area contributed by atoms with E-state index in [1.54, 1.807) is 38.5 Å². The quantitative estimate of drug-likeness (QED) is 0.634. The van der Waals surface area contributed by atoms with E-state index in [1.165, 1.54) is 6.07 Å². The first-order valence-electron chi connectivity index (χ1n) is 6.61. The van der Waals surface area contributed by atoms with E-state index in [1.807, 2.05) is 12.1 Å². The second kappa shape index (κ2) is 7.06. The molecule has 1 atom stereocenters. The lowest BCUT2D eigenvalue weighted by atomic mass is 9.98. The summed E-state index contributed by atoms with van der Waals surface area (Å²) in [5, 5.41) is 0. The third-order valence-electron chi connectivity index (χ3n) is 3.40. The molecule has 0 spiro atoms. The molecule has 21 heavy (non-hydrogen) atoms. The van der Waals surface area contributed by atoms with Crippen molar-refractivity contribution in [2.45, 2.75) is 12.5 Å². The van der Waals surface area contributed by atoms with Gasteiger partial charge in [-0.1, -0.05) is 24.3 Å². The fraction of sp³-hybridized carbons (Fsp3) is 0.250. The number of nitrogens with one attached hydrogen (secondary N) is 1. The van der Waals surface area contributed by atoms with Crippen molar-refractivity contribution in [3.8, 4) is 11.5 Å². The summed E-state index contributed by atoms with van der Waals surface area (Å²) in [4.78, 5) is 0. The van der Waals surface area contributed by atoms with Gasteiger partial charge in [-0.15, -0.1) is 0 Å². The Morgan fingerprint density at radius 2 is 1.90 bits per heavy atom. The summed E-state index contributed by atoms with van der Waals surface area (Å²) in [5.74, 6) is 6.73. The minimum atomic E-state index is -0.261. The van der Waals surface area contributed by atoms with Crippen LogP contribution < -0.4 is 20.7 Å². The normalized spacial score (nSPS) is 12.0. The standard InChI is InChI=1S/C16H19FN2O2/c1-20-12-7-8-13(16(10-12)21-2)15(19-18)9-11-5-3-4-6-14(11)17/h3-8,10,15,19H,9,18H2,1-2H3. The lowest BCUT2D eigenvalue weighted by Gasteiger charge is -2.20. The number of hydrazine groups is 1. The molecule has 0 aliphatic rings. The third kappa shape index (κ3) is 3.51. The van der Waals surface area contributed by atoms with Crippen LogP contribution in [0.25, 0.3) is 0 Å². The Morgan fingerprint density at radius 3 is 2.52 bits per heavy atom. The van der Waals surface area contributed by atoms with Gasteiger partial charge in [-0.25, -0.2) is 4.39 Å². The summed E-state index contributed by atoms with van der Waals surface area (Å²) in [6.45, 7) is 0. The van der Waals surface area contributed by atoms with Gasteiger partial charge in [0.15, 0.2) is 0 Å².